The summed E-state index contributed by atoms with van der Waals surface area (Å²) in [6.45, 7) is 7.01. The second kappa shape index (κ2) is 5.19. The minimum absolute atomic E-state index is 0.203. The normalized spacial score (nSPS) is 30.2. The van der Waals surface area contributed by atoms with Crippen LogP contribution in [0.5, 0.6) is 0 Å². The van der Waals surface area contributed by atoms with Crippen LogP contribution in [0.3, 0.4) is 0 Å². The third-order valence-electron chi connectivity index (χ3n) is 7.33. The molecule has 0 aliphatic heterocycles. The van der Waals surface area contributed by atoms with E-state index in [1.54, 1.807) is 11.1 Å². The van der Waals surface area contributed by atoms with E-state index in [0.717, 1.165) is 5.92 Å². The molecular formula is C24H29N. The Balaban J connectivity index is 1.82. The van der Waals surface area contributed by atoms with Gasteiger partial charge in [0.1, 0.15) is 0 Å². The van der Waals surface area contributed by atoms with Crippen molar-refractivity contribution in [3.63, 3.8) is 0 Å². The Morgan fingerprint density at radius 1 is 1.04 bits per heavy atom. The van der Waals surface area contributed by atoms with Gasteiger partial charge in [-0.1, -0.05) is 57.9 Å². The zero-order chi connectivity index (χ0) is 17.2. The van der Waals surface area contributed by atoms with E-state index in [1.807, 2.05) is 6.20 Å². The molecule has 0 N–H and O–H groups in total. The summed E-state index contributed by atoms with van der Waals surface area (Å²) in [5.74, 6) is 1.55. The van der Waals surface area contributed by atoms with Crippen molar-refractivity contribution in [3.05, 3.63) is 53.2 Å². The van der Waals surface area contributed by atoms with E-state index >= 15 is 0 Å². The molecule has 3 aliphatic carbocycles. The highest BCUT2D eigenvalue weighted by molar-refractivity contribution is 5.74. The molecule has 2 bridgehead atoms. The Morgan fingerprint density at radius 3 is 2.76 bits per heavy atom. The lowest BCUT2D eigenvalue weighted by molar-refractivity contribution is 0.341. The second-order valence-corrected chi connectivity index (χ2v) is 9.63. The monoisotopic (exact) mass is 331 g/mol. The predicted octanol–water partition coefficient (Wildman–Crippen LogP) is 6.37. The molecule has 1 aromatic heterocycles. The Hall–Kier alpha value is -1.63. The van der Waals surface area contributed by atoms with Gasteiger partial charge >= 0.3 is 0 Å². The number of nitrogens with zero attached hydrogens (tertiary/aromatic N) is 1. The zero-order valence-corrected chi connectivity index (χ0v) is 15.8. The SMILES string of the molecule is CC(C)(C)c1ccc2c(c1)C13CCCCC(CC1)C3c1cccnc1-2. The lowest BCUT2D eigenvalue weighted by Crippen LogP contribution is -2.35. The van der Waals surface area contributed by atoms with Crippen LogP contribution in [-0.2, 0) is 10.8 Å². The molecule has 3 aliphatic rings. The maximum atomic E-state index is 4.87. The van der Waals surface area contributed by atoms with Crippen LogP contribution in [0.15, 0.2) is 36.5 Å². The smallest absolute Gasteiger partial charge is 0.0740 e. The summed E-state index contributed by atoms with van der Waals surface area (Å²) >= 11 is 0. The highest BCUT2D eigenvalue weighted by Crippen LogP contribution is 2.64. The largest absolute Gasteiger partial charge is 0.256 e. The Labute approximate surface area is 151 Å². The van der Waals surface area contributed by atoms with E-state index in [9.17, 15) is 0 Å². The van der Waals surface area contributed by atoms with E-state index in [2.05, 4.69) is 51.1 Å². The lowest BCUT2D eigenvalue weighted by atomic mass is 9.60. The van der Waals surface area contributed by atoms with Crippen LogP contribution in [0.2, 0.25) is 0 Å². The Kier molecular flexibility index (Phi) is 3.24. The lowest BCUT2D eigenvalue weighted by Gasteiger charge is -2.43. The van der Waals surface area contributed by atoms with Crippen molar-refractivity contribution >= 4 is 0 Å². The topological polar surface area (TPSA) is 12.9 Å². The van der Waals surface area contributed by atoms with Crippen LogP contribution in [0.4, 0.5) is 0 Å². The van der Waals surface area contributed by atoms with Crippen LogP contribution in [0, 0.1) is 5.92 Å². The van der Waals surface area contributed by atoms with E-state index in [-0.39, 0.29) is 5.41 Å². The summed E-state index contributed by atoms with van der Waals surface area (Å²) in [7, 11) is 0. The molecule has 1 heteroatoms. The molecule has 25 heavy (non-hydrogen) atoms. The number of rotatable bonds is 0. The summed E-state index contributed by atoms with van der Waals surface area (Å²) < 4.78 is 0. The van der Waals surface area contributed by atoms with Gasteiger partial charge in [-0.05, 0) is 65.7 Å². The van der Waals surface area contributed by atoms with Crippen molar-refractivity contribution in [3.8, 4) is 11.3 Å². The molecule has 130 valence electrons. The van der Waals surface area contributed by atoms with Gasteiger partial charge in [0, 0.05) is 17.2 Å². The van der Waals surface area contributed by atoms with E-state index in [4.69, 9.17) is 4.98 Å². The summed E-state index contributed by atoms with van der Waals surface area (Å²) in [5, 5.41) is 0. The first kappa shape index (κ1) is 15.6. The van der Waals surface area contributed by atoms with Gasteiger partial charge in [-0.3, -0.25) is 4.98 Å². The fraction of sp³-hybridized carbons (Fsp3) is 0.542. The van der Waals surface area contributed by atoms with Gasteiger partial charge in [0.05, 0.1) is 5.69 Å². The highest BCUT2D eigenvalue weighted by Gasteiger charge is 2.54. The first-order valence-electron chi connectivity index (χ1n) is 10.1. The molecule has 1 heterocycles. The molecule has 2 saturated carbocycles. The number of hydrogen-bond donors (Lipinski definition) is 0. The summed E-state index contributed by atoms with van der Waals surface area (Å²) in [4.78, 5) is 4.87. The Bertz CT molecular complexity index is 828. The summed E-state index contributed by atoms with van der Waals surface area (Å²) in [5.41, 5.74) is 7.91. The standard InChI is InChI=1S/C24H29N/c1-23(2,3)17-9-10-18-20(15-17)24-12-5-4-7-16(11-13-24)21(24)19-8-6-14-25-22(18)19/h6,8-10,14-16,21H,4-5,7,11-13H2,1-3H3. The van der Waals surface area contributed by atoms with Gasteiger partial charge in [-0.2, -0.15) is 0 Å². The molecule has 1 nitrogen and oxygen atoms in total. The fourth-order valence-electron chi connectivity index (χ4n) is 6.17. The third kappa shape index (κ3) is 2.11. The van der Waals surface area contributed by atoms with Crippen LogP contribution < -0.4 is 0 Å². The molecule has 2 fully saturated rings. The van der Waals surface area contributed by atoms with Gasteiger partial charge in [-0.15, -0.1) is 0 Å². The maximum absolute atomic E-state index is 4.87. The quantitative estimate of drug-likeness (QED) is 0.547. The first-order valence-corrected chi connectivity index (χ1v) is 10.1. The number of fused-ring (bicyclic) bond motifs is 3. The summed E-state index contributed by atoms with van der Waals surface area (Å²) in [6, 6.07) is 11.8. The van der Waals surface area contributed by atoms with Gasteiger partial charge in [-0.25, -0.2) is 0 Å². The predicted molar refractivity (Wildman–Crippen MR) is 104 cm³/mol. The number of benzene rings is 1. The van der Waals surface area contributed by atoms with Crippen molar-refractivity contribution in [1.29, 1.82) is 0 Å². The fourth-order valence-corrected chi connectivity index (χ4v) is 6.17. The molecule has 0 spiro atoms. The summed E-state index contributed by atoms with van der Waals surface area (Å²) in [6.07, 6.45) is 10.3. The molecule has 3 atom stereocenters. The zero-order valence-electron chi connectivity index (χ0n) is 15.8. The molecule has 0 radical (unpaired) electrons. The Morgan fingerprint density at radius 2 is 1.92 bits per heavy atom. The molecule has 0 amide bonds. The maximum Gasteiger partial charge on any atom is 0.0740 e. The van der Waals surface area contributed by atoms with Crippen LogP contribution in [-0.4, -0.2) is 4.98 Å². The molecule has 3 unspecified atom stereocenters. The average Bonchev–Trinajstić information content (AvgIpc) is 2.85. The van der Waals surface area contributed by atoms with Crippen molar-refractivity contribution in [2.24, 2.45) is 5.92 Å². The average molecular weight is 332 g/mol. The minimum Gasteiger partial charge on any atom is -0.256 e. The number of hydrogen-bond acceptors (Lipinski definition) is 1. The van der Waals surface area contributed by atoms with Gasteiger partial charge < -0.3 is 0 Å². The van der Waals surface area contributed by atoms with Crippen LogP contribution in [0.25, 0.3) is 11.3 Å². The van der Waals surface area contributed by atoms with Crippen LogP contribution >= 0.6 is 0 Å². The minimum atomic E-state index is 0.203. The second-order valence-electron chi connectivity index (χ2n) is 9.63. The highest BCUT2D eigenvalue weighted by atomic mass is 14.7. The van der Waals surface area contributed by atoms with Gasteiger partial charge in [0.2, 0.25) is 0 Å². The third-order valence-corrected chi connectivity index (χ3v) is 7.33. The molecule has 1 aromatic carbocycles. The first-order chi connectivity index (χ1) is 12.0. The van der Waals surface area contributed by atoms with E-state index in [1.165, 1.54) is 55.3 Å². The van der Waals surface area contributed by atoms with Gasteiger partial charge in [0.15, 0.2) is 0 Å². The van der Waals surface area contributed by atoms with Crippen molar-refractivity contribution in [2.45, 2.75) is 76.0 Å². The van der Waals surface area contributed by atoms with Crippen LogP contribution in [0.1, 0.15) is 81.9 Å². The molecule has 2 aromatic rings. The van der Waals surface area contributed by atoms with E-state index in [0.29, 0.717) is 11.3 Å². The molecule has 0 saturated heterocycles. The number of pyridine rings is 1. The van der Waals surface area contributed by atoms with Gasteiger partial charge in [0.25, 0.3) is 0 Å². The van der Waals surface area contributed by atoms with E-state index < -0.39 is 0 Å². The molecule has 5 rings (SSSR count). The molecular weight excluding hydrogens is 302 g/mol. The number of aromatic nitrogens is 1. The van der Waals surface area contributed by atoms with Crippen molar-refractivity contribution in [1.82, 2.24) is 4.98 Å². The van der Waals surface area contributed by atoms with Crippen molar-refractivity contribution in [2.75, 3.05) is 0 Å². The van der Waals surface area contributed by atoms with Crippen molar-refractivity contribution < 1.29 is 0 Å².